The number of aliphatic hydroxyl groups is 1. The van der Waals surface area contributed by atoms with Gasteiger partial charge in [0.15, 0.2) is 11.1 Å². The number of aromatic nitrogens is 3. The third-order valence-electron chi connectivity index (χ3n) is 4.18. The average Bonchev–Trinajstić information content (AvgIpc) is 3.14. The van der Waals surface area contributed by atoms with Crippen molar-refractivity contribution in [1.29, 1.82) is 0 Å². The minimum absolute atomic E-state index is 0.0560. The van der Waals surface area contributed by atoms with Gasteiger partial charge in [0.25, 0.3) is 0 Å². The van der Waals surface area contributed by atoms with E-state index in [-0.39, 0.29) is 35.2 Å². The number of aliphatic carboxylic acids is 1. The summed E-state index contributed by atoms with van der Waals surface area (Å²) < 4.78 is 1.60. The van der Waals surface area contributed by atoms with Crippen LogP contribution in [0.25, 0.3) is 11.4 Å². The highest BCUT2D eigenvalue weighted by Crippen LogP contribution is 2.33. The maximum atomic E-state index is 12.4. The zero-order chi connectivity index (χ0) is 15.7. The summed E-state index contributed by atoms with van der Waals surface area (Å²) in [5.74, 6) is -0.991. The van der Waals surface area contributed by atoms with Crippen LogP contribution in [0, 0.1) is 0 Å². The largest absolute Gasteiger partial charge is 0.511 e. The highest BCUT2D eigenvalue weighted by molar-refractivity contribution is 5.68. The van der Waals surface area contributed by atoms with Gasteiger partial charge in [-0.25, -0.2) is 9.50 Å². The first kappa shape index (κ1) is 14.5. The molecule has 2 aromatic heterocycles. The highest BCUT2D eigenvalue weighted by Gasteiger charge is 2.22. The fourth-order valence-corrected chi connectivity index (χ4v) is 3.11. The van der Waals surface area contributed by atoms with Crippen molar-refractivity contribution in [2.45, 2.75) is 44.4 Å². The van der Waals surface area contributed by atoms with Crippen molar-refractivity contribution in [3.8, 4) is 0 Å². The van der Waals surface area contributed by atoms with Gasteiger partial charge in [-0.1, -0.05) is 12.8 Å². The van der Waals surface area contributed by atoms with Crippen LogP contribution in [0.5, 0.6) is 0 Å². The number of nitrogens with zero attached hydrogens (tertiary/aromatic N) is 3. The van der Waals surface area contributed by atoms with Gasteiger partial charge in [-0.15, -0.1) is 0 Å². The molecule has 1 aliphatic rings. The van der Waals surface area contributed by atoms with Crippen LogP contribution >= 0.6 is 0 Å². The summed E-state index contributed by atoms with van der Waals surface area (Å²) in [5, 5.41) is 23.0. The van der Waals surface area contributed by atoms with E-state index in [0.29, 0.717) is 5.65 Å². The first-order valence-electron chi connectivity index (χ1n) is 7.38. The molecule has 0 aromatic carbocycles. The summed E-state index contributed by atoms with van der Waals surface area (Å²) in [6.45, 7) is 0. The van der Waals surface area contributed by atoms with E-state index >= 15 is 0 Å². The van der Waals surface area contributed by atoms with Gasteiger partial charge in [0.2, 0.25) is 0 Å². The Morgan fingerprint density at radius 2 is 2.00 bits per heavy atom. The van der Waals surface area contributed by atoms with Crippen molar-refractivity contribution in [3.63, 3.8) is 0 Å². The lowest BCUT2D eigenvalue weighted by Crippen LogP contribution is -2.31. The quantitative estimate of drug-likeness (QED) is 0.873. The second-order valence-electron chi connectivity index (χ2n) is 5.63. The Kier molecular flexibility index (Phi) is 3.79. The molecular weight excluding hydrogens is 286 g/mol. The summed E-state index contributed by atoms with van der Waals surface area (Å²) in [5.41, 5.74) is 0.798. The molecule has 1 fully saturated rings. The Hall–Kier alpha value is -2.44. The fraction of sp³-hybridized carbons (Fsp3) is 0.467. The van der Waals surface area contributed by atoms with Crippen LogP contribution in [-0.4, -0.2) is 30.8 Å². The Labute approximate surface area is 125 Å². The molecule has 7 heteroatoms. The van der Waals surface area contributed by atoms with E-state index in [1.54, 1.807) is 4.52 Å². The predicted molar refractivity (Wildman–Crippen MR) is 78.6 cm³/mol. The van der Waals surface area contributed by atoms with Gasteiger partial charge in [-0.3, -0.25) is 9.59 Å². The van der Waals surface area contributed by atoms with E-state index < -0.39 is 5.97 Å². The number of aliphatic hydroxyl groups excluding tert-OH is 1. The molecule has 0 radical (unpaired) electrons. The van der Waals surface area contributed by atoms with Crippen molar-refractivity contribution in [1.82, 2.24) is 14.6 Å². The van der Waals surface area contributed by atoms with Crippen LogP contribution < -0.4 is 10.6 Å². The molecule has 2 aromatic rings. The normalized spacial score (nSPS) is 17.1. The number of pyridine rings is 1. The third kappa shape index (κ3) is 2.54. The molecule has 0 amide bonds. The van der Waals surface area contributed by atoms with Crippen molar-refractivity contribution in [3.05, 3.63) is 33.5 Å². The SMILES string of the molecule is O=C(O)CC/C(O)=c1\c(=O)cc(C2CCCC2)n2ncnc12. The van der Waals surface area contributed by atoms with Gasteiger partial charge in [0.05, 0.1) is 12.1 Å². The molecule has 1 saturated carbocycles. The summed E-state index contributed by atoms with van der Waals surface area (Å²) in [6.07, 6.45) is 5.30. The predicted octanol–water partition coefficient (Wildman–Crippen LogP) is 0.997. The van der Waals surface area contributed by atoms with Gasteiger partial charge < -0.3 is 10.2 Å². The molecule has 2 N–H and O–H groups in total. The Balaban J connectivity index is 2.17. The highest BCUT2D eigenvalue weighted by atomic mass is 16.4. The van der Waals surface area contributed by atoms with Crippen molar-refractivity contribution in [2.24, 2.45) is 0 Å². The van der Waals surface area contributed by atoms with Crippen LogP contribution in [-0.2, 0) is 4.79 Å². The number of carboxylic acids is 1. The molecule has 0 unspecified atom stereocenters. The molecule has 22 heavy (non-hydrogen) atoms. The number of rotatable bonds is 4. The number of hydrogen-bond acceptors (Lipinski definition) is 5. The van der Waals surface area contributed by atoms with Gasteiger partial charge in [0, 0.05) is 18.4 Å². The zero-order valence-corrected chi connectivity index (χ0v) is 12.0. The number of carboxylic acid groups (broad SMARTS) is 1. The second kappa shape index (κ2) is 5.75. The molecule has 2 heterocycles. The Morgan fingerprint density at radius 3 is 2.68 bits per heavy atom. The number of fused-ring (bicyclic) bond motifs is 1. The van der Waals surface area contributed by atoms with Crippen LogP contribution in [0.2, 0.25) is 0 Å². The van der Waals surface area contributed by atoms with Gasteiger partial charge in [-0.05, 0) is 12.8 Å². The molecule has 0 saturated heterocycles. The molecule has 0 bridgehead atoms. The molecule has 1 aliphatic carbocycles. The topological polar surface area (TPSA) is 105 Å². The van der Waals surface area contributed by atoms with Gasteiger partial charge in [-0.2, -0.15) is 5.10 Å². The average molecular weight is 303 g/mol. The molecule has 3 rings (SSSR count). The van der Waals surface area contributed by atoms with E-state index in [2.05, 4.69) is 10.1 Å². The van der Waals surface area contributed by atoms with Crippen molar-refractivity contribution in [2.75, 3.05) is 0 Å². The first-order valence-corrected chi connectivity index (χ1v) is 7.38. The van der Waals surface area contributed by atoms with Crippen molar-refractivity contribution >= 4 is 17.4 Å². The van der Waals surface area contributed by atoms with E-state index in [0.717, 1.165) is 31.4 Å². The lowest BCUT2D eigenvalue weighted by atomic mass is 10.0. The smallest absolute Gasteiger partial charge is 0.303 e. The molecule has 0 aliphatic heterocycles. The lowest BCUT2D eigenvalue weighted by Gasteiger charge is -2.11. The molecular formula is C15H17N3O4. The van der Waals surface area contributed by atoms with Crippen LogP contribution in [0.15, 0.2) is 17.2 Å². The first-order chi connectivity index (χ1) is 10.6. The molecule has 0 spiro atoms. The zero-order valence-electron chi connectivity index (χ0n) is 12.0. The summed E-state index contributed by atoms with van der Waals surface area (Å²) >= 11 is 0. The third-order valence-corrected chi connectivity index (χ3v) is 4.18. The Bertz CT molecular complexity index is 821. The summed E-state index contributed by atoms with van der Waals surface area (Å²) in [7, 11) is 0. The van der Waals surface area contributed by atoms with Gasteiger partial charge in [0.1, 0.15) is 17.3 Å². The molecule has 116 valence electrons. The van der Waals surface area contributed by atoms with Gasteiger partial charge >= 0.3 is 5.97 Å². The monoisotopic (exact) mass is 303 g/mol. The fourth-order valence-electron chi connectivity index (χ4n) is 3.11. The van der Waals surface area contributed by atoms with E-state index in [1.165, 1.54) is 12.4 Å². The minimum atomic E-state index is -1.03. The minimum Gasteiger partial charge on any atom is -0.511 e. The summed E-state index contributed by atoms with van der Waals surface area (Å²) in [6, 6.07) is 1.50. The van der Waals surface area contributed by atoms with Crippen LogP contribution in [0.1, 0.15) is 50.1 Å². The van der Waals surface area contributed by atoms with Crippen LogP contribution in [0.4, 0.5) is 0 Å². The van der Waals surface area contributed by atoms with Crippen molar-refractivity contribution < 1.29 is 15.0 Å². The van der Waals surface area contributed by atoms with E-state index in [1.807, 2.05) is 0 Å². The number of carbonyl (C=O) groups is 1. The number of hydrogen-bond donors (Lipinski definition) is 2. The van der Waals surface area contributed by atoms with Crippen LogP contribution in [0.3, 0.4) is 0 Å². The second-order valence-corrected chi connectivity index (χ2v) is 5.63. The van der Waals surface area contributed by atoms with E-state index in [9.17, 15) is 14.7 Å². The standard InChI is InChI=1S/C15H17N3O4/c19-11(5-6-13(21)22)14-12(20)7-10(9-3-1-2-4-9)18-15(14)16-8-17-18/h7-9,19H,1-6H2,(H,21,22)/b14-11-. The lowest BCUT2D eigenvalue weighted by molar-refractivity contribution is -0.136. The molecule has 0 atom stereocenters. The Morgan fingerprint density at radius 1 is 1.27 bits per heavy atom. The summed E-state index contributed by atoms with van der Waals surface area (Å²) in [4.78, 5) is 27.1. The van der Waals surface area contributed by atoms with E-state index in [4.69, 9.17) is 5.11 Å². The maximum absolute atomic E-state index is 12.4. The molecule has 7 nitrogen and oxygen atoms in total. The maximum Gasteiger partial charge on any atom is 0.303 e.